The smallest absolute Gasteiger partial charge is 0.322 e. The summed E-state index contributed by atoms with van der Waals surface area (Å²) in [5, 5.41) is 8.09. The van der Waals surface area contributed by atoms with Gasteiger partial charge in [0.15, 0.2) is 0 Å². The molecule has 2 aromatic carbocycles. The van der Waals surface area contributed by atoms with Crippen molar-refractivity contribution < 1.29 is 9.59 Å². The molecule has 2 heterocycles. The number of carbonyl (C=O) groups is 2. The lowest BCUT2D eigenvalue weighted by Crippen LogP contribution is -2.48. The number of hydrogen-bond acceptors (Lipinski definition) is 3. The molecule has 1 atom stereocenters. The monoisotopic (exact) mass is 329 g/mol. The highest BCUT2D eigenvalue weighted by Crippen LogP contribution is 2.29. The summed E-state index contributed by atoms with van der Waals surface area (Å²) in [5.41, 5.74) is 0.362. The fourth-order valence-electron chi connectivity index (χ4n) is 3.56. The van der Waals surface area contributed by atoms with Crippen LogP contribution in [0.4, 0.5) is 4.79 Å². The minimum atomic E-state index is -0.772. The Labute approximate surface area is 138 Å². The Morgan fingerprint density at radius 1 is 1.22 bits per heavy atom. The largest absolute Gasteiger partial charge is 0.322 e. The second kappa shape index (κ2) is 5.22. The number of halogens is 1. The van der Waals surface area contributed by atoms with Gasteiger partial charge >= 0.3 is 6.03 Å². The van der Waals surface area contributed by atoms with E-state index in [1.165, 1.54) is 0 Å². The van der Waals surface area contributed by atoms with Crippen LogP contribution in [0.25, 0.3) is 10.8 Å². The summed E-state index contributed by atoms with van der Waals surface area (Å²) < 4.78 is 0. The molecule has 2 aliphatic heterocycles. The second-order valence-corrected chi connectivity index (χ2v) is 6.67. The predicted molar refractivity (Wildman–Crippen MR) is 88.3 cm³/mol. The van der Waals surface area contributed by atoms with Gasteiger partial charge in [-0.15, -0.1) is 0 Å². The van der Waals surface area contributed by atoms with Gasteiger partial charge in [-0.1, -0.05) is 35.9 Å². The number of benzene rings is 2. The van der Waals surface area contributed by atoms with E-state index >= 15 is 0 Å². The van der Waals surface area contributed by atoms with Crippen LogP contribution in [0.15, 0.2) is 36.4 Å². The van der Waals surface area contributed by atoms with Crippen LogP contribution in [0, 0.1) is 0 Å². The lowest BCUT2D eigenvalue weighted by atomic mass is 9.99. The summed E-state index contributed by atoms with van der Waals surface area (Å²) in [6, 6.07) is 11.7. The van der Waals surface area contributed by atoms with Crippen LogP contribution in [-0.4, -0.2) is 35.5 Å². The molecular formula is C17H16ClN3O2. The Balaban J connectivity index is 1.60. The van der Waals surface area contributed by atoms with E-state index < -0.39 is 11.6 Å². The third-order valence-corrected chi connectivity index (χ3v) is 4.89. The molecule has 0 aliphatic carbocycles. The third kappa shape index (κ3) is 2.46. The number of nitrogens with one attached hydrogen (secondary N) is 2. The molecule has 3 amide bonds. The topological polar surface area (TPSA) is 61.4 Å². The fourth-order valence-corrected chi connectivity index (χ4v) is 3.81. The molecule has 1 spiro atoms. The second-order valence-electron chi connectivity index (χ2n) is 6.24. The van der Waals surface area contributed by atoms with Crippen molar-refractivity contribution in [3.63, 3.8) is 0 Å². The molecule has 0 bridgehead atoms. The molecule has 5 nitrogen and oxygen atoms in total. The zero-order valence-electron chi connectivity index (χ0n) is 12.4. The average molecular weight is 330 g/mol. The lowest BCUT2D eigenvalue weighted by molar-refractivity contribution is -0.123. The van der Waals surface area contributed by atoms with Gasteiger partial charge in [-0.2, -0.15) is 0 Å². The van der Waals surface area contributed by atoms with E-state index in [1.807, 2.05) is 30.3 Å². The van der Waals surface area contributed by atoms with Gasteiger partial charge in [0, 0.05) is 24.7 Å². The molecule has 0 aromatic heterocycles. The molecule has 23 heavy (non-hydrogen) atoms. The Bertz CT molecular complexity index is 823. The van der Waals surface area contributed by atoms with E-state index in [-0.39, 0.29) is 5.91 Å². The Morgan fingerprint density at radius 2 is 2.04 bits per heavy atom. The molecule has 2 saturated heterocycles. The van der Waals surface area contributed by atoms with Gasteiger partial charge < -0.3 is 5.32 Å². The van der Waals surface area contributed by atoms with E-state index in [2.05, 4.69) is 21.6 Å². The zero-order valence-corrected chi connectivity index (χ0v) is 13.2. The molecule has 6 heteroatoms. The summed E-state index contributed by atoms with van der Waals surface area (Å²) in [4.78, 5) is 25.6. The van der Waals surface area contributed by atoms with Gasteiger partial charge in [0.1, 0.15) is 5.54 Å². The number of carbonyl (C=O) groups excluding carboxylic acids is 2. The van der Waals surface area contributed by atoms with Crippen molar-refractivity contribution >= 4 is 34.3 Å². The Kier molecular flexibility index (Phi) is 3.28. The van der Waals surface area contributed by atoms with Crippen molar-refractivity contribution in [2.24, 2.45) is 0 Å². The summed E-state index contributed by atoms with van der Waals surface area (Å²) in [5.74, 6) is -0.221. The summed E-state index contributed by atoms with van der Waals surface area (Å²) >= 11 is 6.23. The first-order chi connectivity index (χ1) is 11.1. The van der Waals surface area contributed by atoms with Crippen molar-refractivity contribution in [3.05, 3.63) is 47.0 Å². The van der Waals surface area contributed by atoms with Gasteiger partial charge in [-0.05, 0) is 34.9 Å². The van der Waals surface area contributed by atoms with E-state index in [9.17, 15) is 9.59 Å². The maximum Gasteiger partial charge on any atom is 0.322 e. The number of likely N-dealkylation sites (tertiary alicyclic amines) is 1. The predicted octanol–water partition coefficient (Wildman–Crippen LogP) is 2.28. The van der Waals surface area contributed by atoms with E-state index in [0.717, 1.165) is 22.9 Å². The minimum absolute atomic E-state index is 0.221. The molecule has 2 aliphatic rings. The van der Waals surface area contributed by atoms with Gasteiger partial charge in [0.2, 0.25) is 0 Å². The lowest BCUT2D eigenvalue weighted by Gasteiger charge is -2.21. The summed E-state index contributed by atoms with van der Waals surface area (Å²) in [6.07, 6.45) is 0.628. The van der Waals surface area contributed by atoms with Crippen LogP contribution in [0.5, 0.6) is 0 Å². The molecule has 1 unspecified atom stereocenters. The standard InChI is InChI=1S/C17H16ClN3O2/c18-13-7-11-3-1-2-4-14(11)12(8-13)9-21-6-5-17(10-21)15(22)19-16(23)20-17/h1-4,7-8H,5-6,9-10H2,(H2,19,20,22,23). The van der Waals surface area contributed by atoms with Gasteiger partial charge in [-0.25, -0.2) is 4.79 Å². The molecule has 0 saturated carbocycles. The summed E-state index contributed by atoms with van der Waals surface area (Å²) in [7, 11) is 0. The highest BCUT2D eigenvalue weighted by atomic mass is 35.5. The van der Waals surface area contributed by atoms with Gasteiger partial charge in [0.25, 0.3) is 5.91 Å². The number of imide groups is 1. The first kappa shape index (κ1) is 14.5. The molecule has 0 radical (unpaired) electrons. The van der Waals surface area contributed by atoms with E-state index in [0.29, 0.717) is 24.5 Å². The molecule has 4 rings (SSSR count). The fraction of sp³-hybridized carbons (Fsp3) is 0.294. The molecule has 118 valence electrons. The van der Waals surface area contributed by atoms with Crippen molar-refractivity contribution in [1.82, 2.24) is 15.5 Å². The van der Waals surface area contributed by atoms with Crippen molar-refractivity contribution in [2.75, 3.05) is 13.1 Å². The normalized spacial score (nSPS) is 24.4. The highest BCUT2D eigenvalue weighted by molar-refractivity contribution is 6.31. The van der Waals surface area contributed by atoms with Crippen molar-refractivity contribution in [3.8, 4) is 0 Å². The van der Waals surface area contributed by atoms with E-state index in [1.54, 1.807) is 0 Å². The number of nitrogens with zero attached hydrogens (tertiary/aromatic N) is 1. The quantitative estimate of drug-likeness (QED) is 0.831. The number of urea groups is 1. The van der Waals surface area contributed by atoms with Gasteiger partial charge in [0.05, 0.1) is 0 Å². The third-order valence-electron chi connectivity index (χ3n) is 4.67. The van der Waals surface area contributed by atoms with Crippen LogP contribution >= 0.6 is 11.6 Å². The van der Waals surface area contributed by atoms with Crippen LogP contribution in [0.3, 0.4) is 0 Å². The molecule has 2 N–H and O–H groups in total. The Hall–Kier alpha value is -2.11. The highest BCUT2D eigenvalue weighted by Gasteiger charge is 2.50. The van der Waals surface area contributed by atoms with Crippen molar-refractivity contribution in [1.29, 1.82) is 0 Å². The molecule has 2 aromatic rings. The van der Waals surface area contributed by atoms with Crippen LogP contribution in [-0.2, 0) is 11.3 Å². The SMILES string of the molecule is O=C1NC(=O)C2(CCN(Cc3cc(Cl)cc4ccccc34)C2)N1. The van der Waals surface area contributed by atoms with Crippen LogP contribution < -0.4 is 10.6 Å². The van der Waals surface area contributed by atoms with Crippen LogP contribution in [0.1, 0.15) is 12.0 Å². The number of hydrogen-bond donors (Lipinski definition) is 2. The first-order valence-electron chi connectivity index (χ1n) is 7.59. The molecule has 2 fully saturated rings. The number of amides is 3. The van der Waals surface area contributed by atoms with Gasteiger partial charge in [-0.3, -0.25) is 15.0 Å². The zero-order chi connectivity index (χ0) is 16.0. The molecular weight excluding hydrogens is 314 g/mol. The van der Waals surface area contributed by atoms with Crippen LogP contribution in [0.2, 0.25) is 5.02 Å². The summed E-state index contributed by atoms with van der Waals surface area (Å²) in [6.45, 7) is 1.98. The number of fused-ring (bicyclic) bond motifs is 1. The maximum atomic E-state index is 12.0. The number of rotatable bonds is 2. The average Bonchev–Trinajstić information content (AvgIpc) is 3.02. The van der Waals surface area contributed by atoms with Crippen molar-refractivity contribution in [2.45, 2.75) is 18.5 Å². The maximum absolute atomic E-state index is 12.0. The Morgan fingerprint density at radius 3 is 2.83 bits per heavy atom. The van der Waals surface area contributed by atoms with E-state index in [4.69, 9.17) is 11.6 Å². The minimum Gasteiger partial charge on any atom is -0.322 e. The first-order valence-corrected chi connectivity index (χ1v) is 7.97.